The fraction of sp³-hybridized carbons (Fsp3) is 0.471. The molecule has 1 aromatic carbocycles. The molecule has 2 aromatic rings. The van der Waals surface area contributed by atoms with Crippen LogP contribution in [0.15, 0.2) is 22.6 Å². The Morgan fingerprint density at radius 2 is 2.00 bits per heavy atom. The summed E-state index contributed by atoms with van der Waals surface area (Å²) in [6.07, 6.45) is -0.287. The second kappa shape index (κ2) is 6.83. The van der Waals surface area contributed by atoms with Gasteiger partial charge in [0.25, 0.3) is 0 Å². The maximum Gasteiger partial charge on any atom is 0.376 e. The van der Waals surface area contributed by atoms with Crippen molar-refractivity contribution >= 4 is 16.9 Å². The summed E-state index contributed by atoms with van der Waals surface area (Å²) in [5.74, 6) is 0.506. The summed E-state index contributed by atoms with van der Waals surface area (Å²) in [5, 5.41) is 0.892. The van der Waals surface area contributed by atoms with Crippen LogP contribution in [0.4, 0.5) is 0 Å². The van der Waals surface area contributed by atoms with Gasteiger partial charge in [0.2, 0.25) is 5.76 Å². The van der Waals surface area contributed by atoms with Gasteiger partial charge in [-0.2, -0.15) is 0 Å². The van der Waals surface area contributed by atoms with Gasteiger partial charge in [-0.1, -0.05) is 13.8 Å². The fourth-order valence-electron chi connectivity index (χ4n) is 2.55. The van der Waals surface area contributed by atoms with Crippen LogP contribution in [0.3, 0.4) is 0 Å². The summed E-state index contributed by atoms with van der Waals surface area (Å²) in [6.45, 7) is 9.44. The number of carbonyl (C=O) groups is 1. The summed E-state index contributed by atoms with van der Waals surface area (Å²) in [4.78, 5) is 14.4. The predicted molar refractivity (Wildman–Crippen MR) is 85.3 cm³/mol. The molecule has 0 fully saturated rings. The van der Waals surface area contributed by atoms with E-state index in [0.717, 1.165) is 24.0 Å². The van der Waals surface area contributed by atoms with Crippen LogP contribution in [-0.2, 0) is 4.74 Å². The van der Waals surface area contributed by atoms with Gasteiger partial charge in [0, 0.05) is 17.0 Å². The van der Waals surface area contributed by atoms with Crippen molar-refractivity contribution in [3.63, 3.8) is 0 Å². The number of esters is 1. The van der Waals surface area contributed by atoms with Gasteiger partial charge in [-0.15, -0.1) is 0 Å². The van der Waals surface area contributed by atoms with Crippen molar-refractivity contribution in [2.45, 2.75) is 33.9 Å². The molecule has 1 atom stereocenters. The number of fused-ring (bicyclic) bond motifs is 1. The van der Waals surface area contributed by atoms with E-state index in [1.807, 2.05) is 39.8 Å². The highest BCUT2D eigenvalue weighted by Gasteiger charge is 2.23. The Balaban J connectivity index is 2.26. The molecule has 0 aliphatic heterocycles. The van der Waals surface area contributed by atoms with Crippen molar-refractivity contribution in [1.29, 1.82) is 0 Å². The van der Waals surface area contributed by atoms with E-state index in [0.29, 0.717) is 11.3 Å². The minimum atomic E-state index is -0.438. The maximum absolute atomic E-state index is 12.4. The largest absolute Gasteiger partial charge is 0.497 e. The monoisotopic (exact) mass is 305 g/mol. The molecule has 5 heteroatoms. The van der Waals surface area contributed by atoms with Crippen molar-refractivity contribution in [2.75, 3.05) is 20.2 Å². The molecule has 22 heavy (non-hydrogen) atoms. The lowest BCUT2D eigenvalue weighted by Gasteiger charge is -2.25. The standard InChI is InChI=1S/C17H23NO4/c1-6-18(7-2)12(4)21-17(19)16-11(3)14-9-8-13(20-5)10-15(14)22-16/h8-10,12H,6-7H2,1-5H3. The highest BCUT2D eigenvalue weighted by molar-refractivity contribution is 5.96. The van der Waals surface area contributed by atoms with Crippen molar-refractivity contribution in [3.05, 3.63) is 29.5 Å². The van der Waals surface area contributed by atoms with E-state index < -0.39 is 5.97 Å². The Morgan fingerprint density at radius 3 is 2.59 bits per heavy atom. The lowest BCUT2D eigenvalue weighted by atomic mass is 10.1. The van der Waals surface area contributed by atoms with Gasteiger partial charge in [-0.3, -0.25) is 4.90 Å². The molecule has 1 unspecified atom stereocenters. The van der Waals surface area contributed by atoms with Crippen LogP contribution in [0.1, 0.15) is 36.9 Å². The Morgan fingerprint density at radius 1 is 1.32 bits per heavy atom. The molecule has 0 spiro atoms. The summed E-state index contributed by atoms with van der Waals surface area (Å²) in [7, 11) is 1.60. The molecule has 120 valence electrons. The van der Waals surface area contributed by atoms with Crippen LogP contribution in [0.2, 0.25) is 0 Å². The average molecular weight is 305 g/mol. The number of hydrogen-bond acceptors (Lipinski definition) is 5. The maximum atomic E-state index is 12.4. The van der Waals surface area contributed by atoms with Crippen molar-refractivity contribution in [3.8, 4) is 5.75 Å². The molecule has 0 saturated heterocycles. The third-order valence-electron chi connectivity index (χ3n) is 3.93. The normalized spacial score (nSPS) is 12.6. The molecule has 0 aliphatic rings. The van der Waals surface area contributed by atoms with Crippen LogP contribution in [0, 0.1) is 6.92 Å². The lowest BCUT2D eigenvalue weighted by molar-refractivity contribution is -0.0221. The molecular formula is C17H23NO4. The summed E-state index contributed by atoms with van der Waals surface area (Å²) in [6, 6.07) is 5.50. The molecule has 0 saturated carbocycles. The number of carbonyl (C=O) groups excluding carboxylic acids is 1. The Hall–Kier alpha value is -2.01. The first-order chi connectivity index (χ1) is 10.5. The highest BCUT2D eigenvalue weighted by Crippen LogP contribution is 2.29. The van der Waals surface area contributed by atoms with Crippen LogP contribution in [0.5, 0.6) is 5.75 Å². The number of nitrogens with zero attached hydrogens (tertiary/aromatic N) is 1. The van der Waals surface area contributed by atoms with E-state index in [9.17, 15) is 4.79 Å². The van der Waals surface area contributed by atoms with Gasteiger partial charge in [0.1, 0.15) is 11.3 Å². The van der Waals surface area contributed by atoms with E-state index in [2.05, 4.69) is 4.90 Å². The van der Waals surface area contributed by atoms with E-state index in [1.165, 1.54) is 0 Å². The van der Waals surface area contributed by atoms with Gasteiger partial charge < -0.3 is 13.9 Å². The lowest BCUT2D eigenvalue weighted by Crippen LogP contribution is -2.36. The van der Waals surface area contributed by atoms with E-state index in [1.54, 1.807) is 13.2 Å². The van der Waals surface area contributed by atoms with Crippen molar-refractivity contribution in [2.24, 2.45) is 0 Å². The Kier molecular flexibility index (Phi) is 5.08. The fourth-order valence-corrected chi connectivity index (χ4v) is 2.55. The molecule has 0 bridgehead atoms. The molecular weight excluding hydrogens is 282 g/mol. The number of rotatable bonds is 6. The number of ether oxygens (including phenoxy) is 2. The number of hydrogen-bond donors (Lipinski definition) is 0. The van der Waals surface area contributed by atoms with Gasteiger partial charge in [-0.05, 0) is 39.1 Å². The number of benzene rings is 1. The molecule has 0 radical (unpaired) electrons. The van der Waals surface area contributed by atoms with Gasteiger partial charge in [0.15, 0.2) is 6.23 Å². The van der Waals surface area contributed by atoms with Crippen LogP contribution >= 0.6 is 0 Å². The zero-order chi connectivity index (χ0) is 16.3. The van der Waals surface area contributed by atoms with Gasteiger partial charge in [0.05, 0.1) is 7.11 Å². The molecule has 5 nitrogen and oxygen atoms in total. The molecule has 0 aliphatic carbocycles. The second-order valence-corrected chi connectivity index (χ2v) is 5.14. The minimum absolute atomic E-state index is 0.252. The third-order valence-corrected chi connectivity index (χ3v) is 3.93. The minimum Gasteiger partial charge on any atom is -0.497 e. The van der Waals surface area contributed by atoms with Gasteiger partial charge in [-0.25, -0.2) is 4.79 Å². The number of aryl methyl sites for hydroxylation is 1. The zero-order valence-electron chi connectivity index (χ0n) is 13.8. The second-order valence-electron chi connectivity index (χ2n) is 5.14. The molecule has 1 heterocycles. The Bertz CT molecular complexity index is 658. The topological polar surface area (TPSA) is 51.9 Å². The third kappa shape index (κ3) is 3.09. The van der Waals surface area contributed by atoms with Gasteiger partial charge >= 0.3 is 5.97 Å². The molecule has 0 N–H and O–H groups in total. The summed E-state index contributed by atoms with van der Waals surface area (Å²) >= 11 is 0. The summed E-state index contributed by atoms with van der Waals surface area (Å²) in [5.41, 5.74) is 1.41. The highest BCUT2D eigenvalue weighted by atomic mass is 16.6. The predicted octanol–water partition coefficient (Wildman–Crippen LogP) is 3.59. The smallest absolute Gasteiger partial charge is 0.376 e. The first-order valence-electron chi connectivity index (χ1n) is 7.53. The van der Waals surface area contributed by atoms with Crippen molar-refractivity contribution in [1.82, 2.24) is 4.90 Å². The first kappa shape index (κ1) is 16.4. The Labute approximate surface area is 130 Å². The van der Waals surface area contributed by atoms with E-state index in [-0.39, 0.29) is 12.0 Å². The van der Waals surface area contributed by atoms with Crippen molar-refractivity contribution < 1.29 is 18.7 Å². The first-order valence-corrected chi connectivity index (χ1v) is 7.53. The van der Waals surface area contributed by atoms with Crippen LogP contribution in [-0.4, -0.2) is 37.3 Å². The summed E-state index contributed by atoms with van der Waals surface area (Å²) < 4.78 is 16.4. The molecule has 0 amide bonds. The average Bonchev–Trinajstić information content (AvgIpc) is 2.85. The van der Waals surface area contributed by atoms with Crippen LogP contribution in [0.25, 0.3) is 11.0 Å². The molecule has 2 rings (SSSR count). The van der Waals surface area contributed by atoms with Crippen LogP contribution < -0.4 is 4.74 Å². The van der Waals surface area contributed by atoms with E-state index in [4.69, 9.17) is 13.9 Å². The van der Waals surface area contributed by atoms with E-state index >= 15 is 0 Å². The quantitative estimate of drug-likeness (QED) is 0.603. The zero-order valence-corrected chi connectivity index (χ0v) is 13.8. The SMILES string of the molecule is CCN(CC)C(C)OC(=O)c1oc2cc(OC)ccc2c1C. The number of furan rings is 1. The molecule has 1 aromatic heterocycles. The number of methoxy groups -OCH3 is 1.